The molecule has 1 unspecified atom stereocenters. The molecule has 2 aromatic rings. The van der Waals surface area contributed by atoms with Crippen LogP contribution in [0.3, 0.4) is 0 Å². The lowest BCUT2D eigenvalue weighted by Crippen LogP contribution is -2.65. The first-order valence-corrected chi connectivity index (χ1v) is 8.86. The average molecular weight is 359 g/mol. The van der Waals surface area contributed by atoms with Crippen molar-refractivity contribution in [1.82, 2.24) is 10.2 Å². The highest BCUT2D eigenvalue weighted by molar-refractivity contribution is 6.09. The fraction of sp³-hybridized carbons (Fsp3) is 0.227. The molecule has 1 aliphatic rings. The molecule has 0 aromatic heterocycles. The molecular formula is C22H21N3O2. The second-order valence-corrected chi connectivity index (χ2v) is 6.64. The first-order chi connectivity index (χ1) is 13.0. The van der Waals surface area contributed by atoms with Gasteiger partial charge in [-0.05, 0) is 29.7 Å². The van der Waals surface area contributed by atoms with Crippen molar-refractivity contribution in [2.45, 2.75) is 25.3 Å². The Labute approximate surface area is 158 Å². The first-order valence-electron chi connectivity index (χ1n) is 8.86. The Kier molecular flexibility index (Phi) is 5.09. The van der Waals surface area contributed by atoms with E-state index in [-0.39, 0.29) is 17.5 Å². The van der Waals surface area contributed by atoms with E-state index in [0.29, 0.717) is 24.0 Å². The molecule has 27 heavy (non-hydrogen) atoms. The number of carbonyl (C=O) groups excluding carboxylic acids is 2. The standard InChI is InChI=1S/C22H21N3O2/c1-3-22(14-16-9-5-4-6-10-16)21(27)25(2)19(20(26)24-22)13-17-11-7-8-12-18(17)15-23/h4-13H,3,14H2,1-2H3,(H,24,26)/b19-13+. The number of piperazine rings is 1. The van der Waals surface area contributed by atoms with Gasteiger partial charge in [0.1, 0.15) is 11.2 Å². The molecule has 1 atom stereocenters. The number of nitriles is 1. The Balaban J connectivity index is 1.96. The highest BCUT2D eigenvalue weighted by atomic mass is 16.2. The number of hydrogen-bond acceptors (Lipinski definition) is 3. The lowest BCUT2D eigenvalue weighted by molar-refractivity contribution is -0.144. The normalized spacial score (nSPS) is 21.1. The number of likely N-dealkylation sites (N-methyl/N-ethyl adjacent to an activating group) is 1. The third-order valence-electron chi connectivity index (χ3n) is 4.99. The predicted octanol–water partition coefficient (Wildman–Crippen LogP) is 2.88. The van der Waals surface area contributed by atoms with Crippen molar-refractivity contribution in [2.75, 3.05) is 7.05 Å². The topological polar surface area (TPSA) is 73.2 Å². The minimum atomic E-state index is -0.973. The maximum atomic E-state index is 13.2. The highest BCUT2D eigenvalue weighted by Gasteiger charge is 2.46. The molecule has 1 aliphatic heterocycles. The molecule has 3 rings (SSSR count). The van der Waals surface area contributed by atoms with E-state index in [9.17, 15) is 14.9 Å². The number of carbonyl (C=O) groups is 2. The smallest absolute Gasteiger partial charge is 0.268 e. The second kappa shape index (κ2) is 7.46. The summed E-state index contributed by atoms with van der Waals surface area (Å²) in [4.78, 5) is 27.5. The van der Waals surface area contributed by atoms with Gasteiger partial charge in [-0.3, -0.25) is 9.59 Å². The number of benzene rings is 2. The van der Waals surface area contributed by atoms with Crippen molar-refractivity contribution in [3.63, 3.8) is 0 Å². The SMILES string of the molecule is CCC1(Cc2ccccc2)NC(=O)/C(=C\c2ccccc2C#N)N(C)C1=O. The van der Waals surface area contributed by atoms with Crippen LogP contribution in [0.15, 0.2) is 60.3 Å². The van der Waals surface area contributed by atoms with E-state index in [4.69, 9.17) is 0 Å². The fourth-order valence-electron chi connectivity index (χ4n) is 3.38. The summed E-state index contributed by atoms with van der Waals surface area (Å²) in [6.45, 7) is 1.90. The van der Waals surface area contributed by atoms with Crippen LogP contribution in [-0.4, -0.2) is 29.3 Å². The van der Waals surface area contributed by atoms with Gasteiger partial charge in [0.05, 0.1) is 11.6 Å². The molecule has 5 heteroatoms. The summed E-state index contributed by atoms with van der Waals surface area (Å²) in [5.41, 5.74) is 1.31. The van der Waals surface area contributed by atoms with E-state index in [2.05, 4.69) is 11.4 Å². The van der Waals surface area contributed by atoms with Gasteiger partial charge in [-0.15, -0.1) is 0 Å². The third kappa shape index (κ3) is 3.47. The van der Waals surface area contributed by atoms with Crippen LogP contribution in [0.1, 0.15) is 30.0 Å². The van der Waals surface area contributed by atoms with Crippen LogP contribution in [0, 0.1) is 11.3 Å². The lowest BCUT2D eigenvalue weighted by atomic mass is 9.84. The van der Waals surface area contributed by atoms with Crippen LogP contribution < -0.4 is 5.32 Å². The molecule has 0 spiro atoms. The predicted molar refractivity (Wildman–Crippen MR) is 103 cm³/mol. The summed E-state index contributed by atoms with van der Waals surface area (Å²) in [5, 5.41) is 12.2. The zero-order valence-electron chi connectivity index (χ0n) is 15.4. The molecule has 0 aliphatic carbocycles. The van der Waals surface area contributed by atoms with Crippen molar-refractivity contribution in [1.29, 1.82) is 5.26 Å². The number of amides is 2. The highest BCUT2D eigenvalue weighted by Crippen LogP contribution is 2.28. The summed E-state index contributed by atoms with van der Waals surface area (Å²) in [5.74, 6) is -0.475. The van der Waals surface area contributed by atoms with Gasteiger partial charge in [0.25, 0.3) is 11.8 Å². The van der Waals surface area contributed by atoms with Crippen LogP contribution >= 0.6 is 0 Å². The van der Waals surface area contributed by atoms with E-state index >= 15 is 0 Å². The van der Waals surface area contributed by atoms with Crippen molar-refractivity contribution < 1.29 is 9.59 Å². The van der Waals surface area contributed by atoms with Crippen LogP contribution in [0.5, 0.6) is 0 Å². The van der Waals surface area contributed by atoms with Crippen molar-refractivity contribution in [3.05, 3.63) is 77.0 Å². The van der Waals surface area contributed by atoms with Crippen molar-refractivity contribution >= 4 is 17.9 Å². The zero-order valence-corrected chi connectivity index (χ0v) is 15.4. The summed E-state index contributed by atoms with van der Waals surface area (Å²) < 4.78 is 0. The Bertz CT molecular complexity index is 944. The molecule has 0 saturated carbocycles. The minimum Gasteiger partial charge on any atom is -0.336 e. The quantitative estimate of drug-likeness (QED) is 0.853. The molecule has 0 radical (unpaired) electrons. The molecule has 1 N–H and O–H groups in total. The van der Waals surface area contributed by atoms with E-state index in [1.54, 1.807) is 37.4 Å². The molecule has 136 valence electrons. The van der Waals surface area contributed by atoms with Crippen LogP contribution in [-0.2, 0) is 16.0 Å². The zero-order chi connectivity index (χ0) is 19.4. The van der Waals surface area contributed by atoms with Gasteiger partial charge in [0, 0.05) is 13.5 Å². The summed E-state index contributed by atoms with van der Waals surface area (Å²) in [7, 11) is 1.61. The molecule has 0 bridgehead atoms. The van der Waals surface area contributed by atoms with Gasteiger partial charge in [0.15, 0.2) is 0 Å². The minimum absolute atomic E-state index is 0.158. The average Bonchev–Trinajstić information content (AvgIpc) is 2.70. The van der Waals surface area contributed by atoms with Gasteiger partial charge in [-0.25, -0.2) is 0 Å². The molecule has 1 saturated heterocycles. The third-order valence-corrected chi connectivity index (χ3v) is 4.99. The van der Waals surface area contributed by atoms with Crippen LogP contribution in [0.25, 0.3) is 6.08 Å². The van der Waals surface area contributed by atoms with Crippen LogP contribution in [0.4, 0.5) is 0 Å². The number of nitrogens with zero attached hydrogens (tertiary/aromatic N) is 2. The van der Waals surface area contributed by atoms with Gasteiger partial charge in [-0.1, -0.05) is 55.5 Å². The van der Waals surface area contributed by atoms with Gasteiger partial charge < -0.3 is 10.2 Å². The number of nitrogens with one attached hydrogen (secondary N) is 1. The second-order valence-electron chi connectivity index (χ2n) is 6.64. The monoisotopic (exact) mass is 359 g/mol. The van der Waals surface area contributed by atoms with Crippen molar-refractivity contribution in [2.24, 2.45) is 0 Å². The Hall–Kier alpha value is -3.39. The van der Waals surface area contributed by atoms with E-state index in [1.807, 2.05) is 37.3 Å². The Morgan fingerprint density at radius 1 is 1.11 bits per heavy atom. The largest absolute Gasteiger partial charge is 0.336 e. The van der Waals surface area contributed by atoms with Gasteiger partial charge in [0.2, 0.25) is 0 Å². The molecule has 2 aromatic carbocycles. The summed E-state index contributed by atoms with van der Waals surface area (Å²) >= 11 is 0. The van der Waals surface area contributed by atoms with Gasteiger partial charge >= 0.3 is 0 Å². The molecule has 2 amide bonds. The Morgan fingerprint density at radius 3 is 2.44 bits per heavy atom. The molecular weight excluding hydrogens is 338 g/mol. The lowest BCUT2D eigenvalue weighted by Gasteiger charge is -2.41. The number of rotatable bonds is 4. The molecule has 1 fully saturated rings. The fourth-order valence-corrected chi connectivity index (χ4v) is 3.38. The maximum Gasteiger partial charge on any atom is 0.268 e. The Morgan fingerprint density at radius 2 is 1.78 bits per heavy atom. The van der Waals surface area contributed by atoms with E-state index in [0.717, 1.165) is 5.56 Å². The number of hydrogen-bond donors (Lipinski definition) is 1. The molecule has 5 nitrogen and oxygen atoms in total. The van der Waals surface area contributed by atoms with E-state index < -0.39 is 5.54 Å². The first kappa shape index (κ1) is 18.4. The maximum absolute atomic E-state index is 13.2. The van der Waals surface area contributed by atoms with Crippen LogP contribution in [0.2, 0.25) is 0 Å². The molecule has 1 heterocycles. The van der Waals surface area contributed by atoms with Crippen molar-refractivity contribution in [3.8, 4) is 6.07 Å². The summed E-state index contributed by atoms with van der Waals surface area (Å²) in [6, 6.07) is 18.8. The van der Waals surface area contributed by atoms with E-state index in [1.165, 1.54) is 4.90 Å². The summed E-state index contributed by atoms with van der Waals surface area (Å²) in [6.07, 6.45) is 2.51. The van der Waals surface area contributed by atoms with Gasteiger partial charge in [-0.2, -0.15) is 5.26 Å².